The minimum Gasteiger partial charge on any atom is -0.493 e. The number of esters is 2. The molecule has 0 radical (unpaired) electrons. The topological polar surface area (TPSA) is 80.3 Å². The number of methoxy groups -OCH3 is 2. The second-order valence-electron chi connectivity index (χ2n) is 9.40. The van der Waals surface area contributed by atoms with Crippen molar-refractivity contribution in [2.24, 2.45) is 11.3 Å². The molecular weight excluding hydrogens is 436 g/mol. The summed E-state index contributed by atoms with van der Waals surface area (Å²) in [5, 5.41) is 0. The Kier molecular flexibility index (Phi) is 6.11. The van der Waals surface area contributed by atoms with E-state index in [9.17, 15) is 9.59 Å². The Bertz CT molecular complexity index is 1100. The Morgan fingerprint density at radius 3 is 2.44 bits per heavy atom. The molecule has 0 amide bonds. The molecule has 0 saturated heterocycles. The monoisotopic (exact) mass is 466 g/mol. The molecule has 180 valence electrons. The maximum atomic E-state index is 13.0. The smallest absolute Gasteiger partial charge is 0.338 e. The van der Waals surface area contributed by atoms with E-state index in [-0.39, 0.29) is 25.2 Å². The van der Waals surface area contributed by atoms with Crippen molar-refractivity contribution in [1.29, 1.82) is 0 Å². The minimum atomic E-state index is -0.646. The molecule has 0 unspecified atom stereocenters. The summed E-state index contributed by atoms with van der Waals surface area (Å²) in [5.74, 6) is 1.44. The fourth-order valence-electron chi connectivity index (χ4n) is 4.88. The summed E-state index contributed by atoms with van der Waals surface area (Å²) in [6.45, 7) is 0.894. The third-order valence-electron chi connectivity index (χ3n) is 7.45. The lowest BCUT2D eigenvalue weighted by atomic mass is 9.69. The average molecular weight is 467 g/mol. The van der Waals surface area contributed by atoms with Gasteiger partial charge in [0, 0.05) is 11.1 Å². The van der Waals surface area contributed by atoms with E-state index in [1.165, 1.54) is 6.42 Å². The molecule has 0 bridgehead atoms. The van der Waals surface area contributed by atoms with Gasteiger partial charge in [-0.2, -0.15) is 0 Å². The summed E-state index contributed by atoms with van der Waals surface area (Å²) in [6.07, 6.45) is 5.93. The number of ether oxygens (including phenoxy) is 5. The van der Waals surface area contributed by atoms with E-state index in [0.717, 1.165) is 48.8 Å². The van der Waals surface area contributed by atoms with Gasteiger partial charge in [-0.25, -0.2) is 4.79 Å². The van der Waals surface area contributed by atoms with Crippen molar-refractivity contribution in [2.75, 3.05) is 27.4 Å². The number of carbonyl (C=O) groups is 2. The number of carbonyl (C=O) groups excluding carboxylic acids is 2. The van der Waals surface area contributed by atoms with E-state index in [1.807, 2.05) is 24.3 Å². The summed E-state index contributed by atoms with van der Waals surface area (Å²) in [4.78, 5) is 25.1. The van der Waals surface area contributed by atoms with Crippen LogP contribution in [0.4, 0.5) is 0 Å². The van der Waals surface area contributed by atoms with Gasteiger partial charge in [0.25, 0.3) is 0 Å². The highest BCUT2D eigenvalue weighted by Gasteiger charge is 2.47. The van der Waals surface area contributed by atoms with Gasteiger partial charge in [0.15, 0.2) is 11.5 Å². The van der Waals surface area contributed by atoms with Crippen LogP contribution in [0.5, 0.6) is 17.2 Å². The van der Waals surface area contributed by atoms with Crippen LogP contribution in [0.2, 0.25) is 0 Å². The van der Waals surface area contributed by atoms with Crippen molar-refractivity contribution < 1.29 is 33.3 Å². The van der Waals surface area contributed by atoms with E-state index >= 15 is 0 Å². The summed E-state index contributed by atoms with van der Waals surface area (Å²) in [7, 11) is 3.13. The van der Waals surface area contributed by atoms with E-state index in [4.69, 9.17) is 23.7 Å². The Labute approximate surface area is 199 Å². The molecule has 2 aromatic rings. The number of benzene rings is 2. The van der Waals surface area contributed by atoms with Gasteiger partial charge in [-0.3, -0.25) is 4.79 Å². The van der Waals surface area contributed by atoms with Crippen LogP contribution in [0.3, 0.4) is 0 Å². The molecule has 2 aromatic carbocycles. The summed E-state index contributed by atoms with van der Waals surface area (Å²) in [6, 6.07) is 9.21. The first-order chi connectivity index (χ1) is 16.6. The average Bonchev–Trinajstić information content (AvgIpc) is 3.17. The van der Waals surface area contributed by atoms with Gasteiger partial charge >= 0.3 is 11.9 Å². The zero-order chi connectivity index (χ0) is 23.7. The Balaban J connectivity index is 1.46. The minimum absolute atomic E-state index is 0.173. The standard InChI is InChI=1S/C27H30O7/c1-30-22-11-10-19(18-8-4-9-20-21(18)15-32-25(20)28)23(24(22)31-2)34-16-27(12-5-13-27)26(29)33-14-17-6-3-7-17/h4,8-11,17H,3,5-7,12-16H2,1-2H3. The zero-order valence-corrected chi connectivity index (χ0v) is 19.7. The second-order valence-corrected chi connectivity index (χ2v) is 9.40. The van der Waals surface area contributed by atoms with E-state index in [2.05, 4.69) is 0 Å². The molecule has 0 atom stereocenters. The van der Waals surface area contributed by atoms with Crippen LogP contribution in [0.15, 0.2) is 30.3 Å². The summed E-state index contributed by atoms with van der Waals surface area (Å²) < 4.78 is 28.5. The van der Waals surface area contributed by atoms with Crippen LogP contribution in [-0.4, -0.2) is 39.4 Å². The number of hydrogen-bond acceptors (Lipinski definition) is 7. The van der Waals surface area contributed by atoms with Gasteiger partial charge in [-0.05, 0) is 55.4 Å². The molecular formula is C27H30O7. The maximum absolute atomic E-state index is 13.0. The third-order valence-corrected chi connectivity index (χ3v) is 7.45. The first-order valence-corrected chi connectivity index (χ1v) is 11.9. The Morgan fingerprint density at radius 1 is 1.00 bits per heavy atom. The molecule has 2 aliphatic carbocycles. The highest BCUT2D eigenvalue weighted by atomic mass is 16.6. The van der Waals surface area contributed by atoms with Crippen molar-refractivity contribution in [3.05, 3.63) is 41.5 Å². The van der Waals surface area contributed by atoms with Crippen molar-refractivity contribution >= 4 is 11.9 Å². The number of rotatable bonds is 9. The van der Waals surface area contributed by atoms with Crippen LogP contribution in [0.1, 0.15) is 54.4 Å². The van der Waals surface area contributed by atoms with Gasteiger partial charge in [0.2, 0.25) is 5.75 Å². The fraction of sp³-hybridized carbons (Fsp3) is 0.481. The SMILES string of the molecule is COc1ccc(-c2cccc3c2COC3=O)c(OCC2(C(=O)OCC3CCC3)CCC2)c1OC. The van der Waals surface area contributed by atoms with Gasteiger partial charge in [0.1, 0.15) is 18.6 Å². The predicted octanol–water partition coefficient (Wildman–Crippen LogP) is 4.93. The molecule has 2 fully saturated rings. The van der Waals surface area contributed by atoms with Gasteiger partial charge < -0.3 is 23.7 Å². The largest absolute Gasteiger partial charge is 0.493 e. The Hall–Kier alpha value is -3.22. The fourth-order valence-corrected chi connectivity index (χ4v) is 4.88. The summed E-state index contributed by atoms with van der Waals surface area (Å²) in [5.41, 5.74) is 2.29. The highest BCUT2D eigenvalue weighted by molar-refractivity contribution is 5.96. The van der Waals surface area contributed by atoms with Crippen molar-refractivity contribution in [1.82, 2.24) is 0 Å². The molecule has 0 N–H and O–H groups in total. The zero-order valence-electron chi connectivity index (χ0n) is 19.7. The molecule has 1 heterocycles. The molecule has 5 rings (SSSR count). The number of cyclic esters (lactones) is 1. The second kappa shape index (κ2) is 9.20. The quantitative estimate of drug-likeness (QED) is 0.485. The molecule has 7 nitrogen and oxygen atoms in total. The van der Waals surface area contributed by atoms with Crippen LogP contribution in [-0.2, 0) is 20.9 Å². The van der Waals surface area contributed by atoms with Crippen molar-refractivity contribution in [2.45, 2.75) is 45.1 Å². The van der Waals surface area contributed by atoms with Crippen LogP contribution < -0.4 is 14.2 Å². The molecule has 0 aromatic heterocycles. The molecule has 0 spiro atoms. The molecule has 7 heteroatoms. The maximum Gasteiger partial charge on any atom is 0.338 e. The molecule has 1 aliphatic heterocycles. The first kappa shape index (κ1) is 22.6. The number of fused-ring (bicyclic) bond motifs is 1. The van der Waals surface area contributed by atoms with E-state index in [0.29, 0.717) is 35.3 Å². The lowest BCUT2D eigenvalue weighted by Gasteiger charge is -2.39. The summed E-state index contributed by atoms with van der Waals surface area (Å²) >= 11 is 0. The lowest BCUT2D eigenvalue weighted by molar-refractivity contribution is -0.166. The number of hydrogen-bond donors (Lipinski definition) is 0. The van der Waals surface area contributed by atoms with Crippen LogP contribution >= 0.6 is 0 Å². The lowest BCUT2D eigenvalue weighted by Crippen LogP contribution is -2.45. The van der Waals surface area contributed by atoms with Crippen molar-refractivity contribution in [3.8, 4) is 28.4 Å². The van der Waals surface area contributed by atoms with E-state index < -0.39 is 5.41 Å². The van der Waals surface area contributed by atoms with Crippen LogP contribution in [0, 0.1) is 11.3 Å². The molecule has 3 aliphatic rings. The molecule has 34 heavy (non-hydrogen) atoms. The Morgan fingerprint density at radius 2 is 1.79 bits per heavy atom. The van der Waals surface area contributed by atoms with E-state index in [1.54, 1.807) is 20.3 Å². The van der Waals surface area contributed by atoms with Crippen LogP contribution in [0.25, 0.3) is 11.1 Å². The third kappa shape index (κ3) is 3.87. The normalized spacial score (nSPS) is 18.2. The predicted molar refractivity (Wildman–Crippen MR) is 124 cm³/mol. The van der Waals surface area contributed by atoms with Gasteiger partial charge in [-0.15, -0.1) is 0 Å². The van der Waals surface area contributed by atoms with Crippen molar-refractivity contribution in [3.63, 3.8) is 0 Å². The van der Waals surface area contributed by atoms with Gasteiger partial charge in [-0.1, -0.05) is 25.0 Å². The molecule has 2 saturated carbocycles. The highest BCUT2D eigenvalue weighted by Crippen LogP contribution is 2.49. The van der Waals surface area contributed by atoms with Gasteiger partial charge in [0.05, 0.1) is 26.4 Å². The first-order valence-electron chi connectivity index (χ1n) is 11.9.